The van der Waals surface area contributed by atoms with Gasteiger partial charge in [-0.1, -0.05) is 0 Å². The van der Waals surface area contributed by atoms with Gasteiger partial charge in [-0.25, -0.2) is 14.7 Å². The molecule has 0 saturated carbocycles. The highest BCUT2D eigenvalue weighted by molar-refractivity contribution is 5.93. The maximum absolute atomic E-state index is 12.6. The summed E-state index contributed by atoms with van der Waals surface area (Å²) in [5.41, 5.74) is -0.103. The topological polar surface area (TPSA) is 60.2 Å². The van der Waals surface area contributed by atoms with Crippen molar-refractivity contribution in [2.75, 3.05) is 14.2 Å². The predicted molar refractivity (Wildman–Crippen MR) is 70.2 cm³/mol. The maximum atomic E-state index is 12.6. The Labute approximate surface area is 124 Å². The summed E-state index contributed by atoms with van der Waals surface area (Å²) in [6, 6.07) is 1.51. The van der Waals surface area contributed by atoms with Crippen LogP contribution in [-0.2, 0) is 11.0 Å². The van der Waals surface area contributed by atoms with Gasteiger partial charge in [-0.2, -0.15) is 18.3 Å². The van der Waals surface area contributed by atoms with E-state index in [1.165, 1.54) is 26.4 Å². The van der Waals surface area contributed by atoms with E-state index in [0.29, 0.717) is 5.56 Å². The van der Waals surface area contributed by atoms with Crippen LogP contribution in [-0.4, -0.2) is 39.9 Å². The fourth-order valence-corrected chi connectivity index (χ4v) is 1.77. The van der Waals surface area contributed by atoms with Crippen molar-refractivity contribution in [3.63, 3.8) is 0 Å². The normalized spacial score (nSPS) is 11.5. The van der Waals surface area contributed by atoms with Crippen molar-refractivity contribution in [2.24, 2.45) is 0 Å². The molecule has 6 nitrogen and oxygen atoms in total. The number of aromatic nitrogens is 3. The molecule has 22 heavy (non-hydrogen) atoms. The number of nitrogens with zero attached hydrogens (tertiary/aromatic N) is 4. The second-order valence-corrected chi connectivity index (χ2v) is 4.52. The lowest BCUT2D eigenvalue weighted by atomic mass is 10.2. The summed E-state index contributed by atoms with van der Waals surface area (Å²) in [5.74, 6) is -0.201. The minimum Gasteiger partial charge on any atom is -0.274 e. The molecule has 2 heterocycles. The Morgan fingerprint density at radius 1 is 1.36 bits per heavy atom. The van der Waals surface area contributed by atoms with Crippen LogP contribution in [0, 0.1) is 6.92 Å². The number of hydrogen-bond acceptors (Lipinski definition) is 4. The molecule has 0 saturated heterocycles. The molecular weight excluding hydrogens is 301 g/mol. The van der Waals surface area contributed by atoms with E-state index >= 15 is 0 Å². The van der Waals surface area contributed by atoms with E-state index in [9.17, 15) is 18.0 Å². The van der Waals surface area contributed by atoms with Crippen LogP contribution in [0.4, 0.5) is 13.2 Å². The number of aryl methyl sites for hydroxylation is 1. The van der Waals surface area contributed by atoms with E-state index in [-0.39, 0.29) is 11.4 Å². The number of hydroxylamine groups is 2. The molecule has 0 fully saturated rings. The summed E-state index contributed by atoms with van der Waals surface area (Å²) in [6.07, 6.45) is -1.64. The molecule has 0 radical (unpaired) electrons. The van der Waals surface area contributed by atoms with Crippen LogP contribution in [0.15, 0.2) is 24.7 Å². The number of alkyl halides is 3. The summed E-state index contributed by atoms with van der Waals surface area (Å²) in [7, 11) is 2.78. The van der Waals surface area contributed by atoms with Gasteiger partial charge in [-0.3, -0.25) is 9.63 Å². The summed E-state index contributed by atoms with van der Waals surface area (Å²) in [6.45, 7) is 1.63. The minimum absolute atomic E-state index is 0.215. The molecule has 0 aliphatic carbocycles. The van der Waals surface area contributed by atoms with Crippen LogP contribution in [0.5, 0.6) is 0 Å². The van der Waals surface area contributed by atoms with Crippen molar-refractivity contribution >= 4 is 5.91 Å². The van der Waals surface area contributed by atoms with Crippen molar-refractivity contribution in [3.8, 4) is 5.82 Å². The first-order valence-corrected chi connectivity index (χ1v) is 6.15. The van der Waals surface area contributed by atoms with Gasteiger partial charge in [-0.15, -0.1) is 0 Å². The highest BCUT2D eigenvalue weighted by Gasteiger charge is 2.32. The van der Waals surface area contributed by atoms with Gasteiger partial charge < -0.3 is 0 Å². The number of carbonyl (C=O) groups is 1. The highest BCUT2D eigenvalue weighted by atomic mass is 19.4. The molecule has 9 heteroatoms. The Kier molecular flexibility index (Phi) is 4.18. The van der Waals surface area contributed by atoms with Gasteiger partial charge in [0.2, 0.25) is 0 Å². The number of rotatable bonds is 3. The van der Waals surface area contributed by atoms with Crippen molar-refractivity contribution in [2.45, 2.75) is 13.1 Å². The van der Waals surface area contributed by atoms with Gasteiger partial charge in [0.1, 0.15) is 0 Å². The third kappa shape index (κ3) is 3.08. The third-order valence-corrected chi connectivity index (χ3v) is 2.98. The zero-order valence-electron chi connectivity index (χ0n) is 12.0. The monoisotopic (exact) mass is 314 g/mol. The van der Waals surface area contributed by atoms with Gasteiger partial charge in [0, 0.05) is 19.4 Å². The largest absolute Gasteiger partial charge is 0.419 e. The molecule has 0 spiro atoms. The van der Waals surface area contributed by atoms with E-state index < -0.39 is 17.6 Å². The first-order valence-electron chi connectivity index (χ1n) is 6.15. The lowest BCUT2D eigenvalue weighted by Crippen LogP contribution is -2.25. The minimum atomic E-state index is -4.47. The van der Waals surface area contributed by atoms with Crippen molar-refractivity contribution < 1.29 is 22.8 Å². The molecule has 2 aromatic heterocycles. The molecule has 0 N–H and O–H groups in total. The smallest absolute Gasteiger partial charge is 0.274 e. The van der Waals surface area contributed by atoms with Gasteiger partial charge in [0.05, 0.1) is 24.4 Å². The van der Waals surface area contributed by atoms with Crippen LogP contribution < -0.4 is 0 Å². The number of amides is 1. The lowest BCUT2D eigenvalue weighted by Gasteiger charge is -2.14. The van der Waals surface area contributed by atoms with Crippen molar-refractivity contribution in [1.82, 2.24) is 19.8 Å². The molecular formula is C13H13F3N4O2. The molecule has 0 aliphatic heterocycles. The average molecular weight is 314 g/mol. The number of carbonyl (C=O) groups excluding carboxylic acids is 1. The molecule has 118 valence electrons. The standard InChI is InChI=1S/C13H13F3N4O2/c1-8-4-9(12(21)19(2)22-3)5-17-11(8)20-7-10(6-18-20)13(14,15)16/h4-7H,1-3H3. The van der Waals surface area contributed by atoms with Crippen LogP contribution in [0.2, 0.25) is 0 Å². The molecule has 0 unspecified atom stereocenters. The summed E-state index contributed by atoms with van der Waals surface area (Å²) in [5, 5.41) is 4.67. The van der Waals surface area contributed by atoms with Crippen molar-refractivity contribution in [1.29, 1.82) is 0 Å². The fraction of sp³-hybridized carbons (Fsp3) is 0.308. The zero-order chi connectivity index (χ0) is 16.5. The Morgan fingerprint density at radius 3 is 2.55 bits per heavy atom. The molecule has 0 atom stereocenters. The SMILES string of the molecule is CON(C)C(=O)c1cnc(-n2cc(C(F)(F)F)cn2)c(C)c1. The Hall–Kier alpha value is -2.42. The van der Waals surface area contributed by atoms with Gasteiger partial charge in [-0.05, 0) is 18.6 Å². The summed E-state index contributed by atoms with van der Waals surface area (Å²) >= 11 is 0. The molecule has 1 amide bonds. The third-order valence-electron chi connectivity index (χ3n) is 2.98. The maximum Gasteiger partial charge on any atom is 0.419 e. The zero-order valence-corrected chi connectivity index (χ0v) is 12.0. The summed E-state index contributed by atoms with van der Waals surface area (Å²) < 4.78 is 38.8. The predicted octanol–water partition coefficient (Wildman–Crippen LogP) is 2.23. The summed E-state index contributed by atoms with van der Waals surface area (Å²) in [4.78, 5) is 20.7. The fourth-order valence-electron chi connectivity index (χ4n) is 1.77. The second-order valence-electron chi connectivity index (χ2n) is 4.52. The highest BCUT2D eigenvalue weighted by Crippen LogP contribution is 2.29. The first-order chi connectivity index (χ1) is 10.2. The average Bonchev–Trinajstić information content (AvgIpc) is 2.95. The van der Waals surface area contributed by atoms with Crippen molar-refractivity contribution in [3.05, 3.63) is 41.3 Å². The van der Waals surface area contributed by atoms with Gasteiger partial charge in [0.15, 0.2) is 5.82 Å². The first kappa shape index (κ1) is 16.0. The Morgan fingerprint density at radius 2 is 2.05 bits per heavy atom. The van der Waals surface area contributed by atoms with Crippen LogP contribution >= 0.6 is 0 Å². The van der Waals surface area contributed by atoms with Gasteiger partial charge in [0.25, 0.3) is 5.91 Å². The Bertz CT molecular complexity index is 697. The molecule has 2 aromatic rings. The molecule has 0 aromatic carbocycles. The van der Waals surface area contributed by atoms with Gasteiger partial charge >= 0.3 is 6.18 Å². The molecule has 0 bridgehead atoms. The van der Waals surface area contributed by atoms with E-state index in [0.717, 1.165) is 22.1 Å². The van der Waals surface area contributed by atoms with E-state index in [2.05, 4.69) is 10.1 Å². The van der Waals surface area contributed by atoms with Crippen LogP contribution in [0.1, 0.15) is 21.5 Å². The number of hydrogen-bond donors (Lipinski definition) is 0. The van der Waals surface area contributed by atoms with E-state index in [1.54, 1.807) is 6.92 Å². The molecule has 0 aliphatic rings. The quantitative estimate of drug-likeness (QED) is 0.815. The lowest BCUT2D eigenvalue weighted by molar-refractivity contribution is -0.137. The van der Waals surface area contributed by atoms with E-state index in [1.807, 2.05) is 0 Å². The van der Waals surface area contributed by atoms with Crippen LogP contribution in [0.3, 0.4) is 0 Å². The van der Waals surface area contributed by atoms with E-state index in [4.69, 9.17) is 4.84 Å². The Balaban J connectivity index is 2.34. The van der Waals surface area contributed by atoms with Crippen LogP contribution in [0.25, 0.3) is 5.82 Å². The number of halogens is 3. The number of pyridine rings is 1. The molecule has 2 rings (SSSR count). The second kappa shape index (κ2) is 5.76.